The Kier molecular flexibility index (Phi) is 4.25. The fourth-order valence-corrected chi connectivity index (χ4v) is 3.26. The number of pyridine rings is 1. The number of nitrogens with zero attached hydrogens (tertiary/aromatic N) is 4. The third-order valence-corrected chi connectivity index (χ3v) is 4.35. The summed E-state index contributed by atoms with van der Waals surface area (Å²) < 4.78 is 26.5. The van der Waals surface area contributed by atoms with Crippen LogP contribution in [0.15, 0.2) is 18.2 Å². The zero-order valence-corrected chi connectivity index (χ0v) is 14.1. The average molecular weight is 343 g/mol. The van der Waals surface area contributed by atoms with Gasteiger partial charge in [0.05, 0.1) is 17.6 Å². The van der Waals surface area contributed by atoms with Crippen LogP contribution in [0, 0.1) is 13.8 Å². The van der Waals surface area contributed by atoms with Crippen LogP contribution >= 0.6 is 11.6 Å². The largest absolute Gasteiger partial charge is 0.290 e. The molecule has 1 amide bonds. The quantitative estimate of drug-likeness (QED) is 0.792. The van der Waals surface area contributed by atoms with E-state index in [1.54, 1.807) is 20.9 Å². The van der Waals surface area contributed by atoms with Gasteiger partial charge in [-0.15, -0.1) is 0 Å². The van der Waals surface area contributed by atoms with Crippen molar-refractivity contribution in [1.29, 1.82) is 0 Å². The molecule has 0 N–H and O–H groups in total. The van der Waals surface area contributed by atoms with Gasteiger partial charge in [0, 0.05) is 7.05 Å². The van der Waals surface area contributed by atoms with E-state index in [1.807, 2.05) is 0 Å². The van der Waals surface area contributed by atoms with Gasteiger partial charge >= 0.3 is 0 Å². The van der Waals surface area contributed by atoms with E-state index in [4.69, 9.17) is 11.6 Å². The Hall–Kier alpha value is -1.93. The number of hydrogen-bond acceptors (Lipinski definition) is 5. The van der Waals surface area contributed by atoms with Crippen molar-refractivity contribution < 1.29 is 13.2 Å². The van der Waals surface area contributed by atoms with Gasteiger partial charge in [0.25, 0.3) is 5.91 Å². The second kappa shape index (κ2) is 5.69. The Bertz CT molecular complexity index is 845. The molecule has 2 rings (SSSR count). The Morgan fingerprint density at radius 2 is 1.95 bits per heavy atom. The predicted octanol–water partition coefficient (Wildman–Crippen LogP) is 1.69. The van der Waals surface area contributed by atoms with E-state index < -0.39 is 15.9 Å². The second-order valence-corrected chi connectivity index (χ2v) is 7.04. The fourth-order valence-electron chi connectivity index (χ4n) is 2.11. The van der Waals surface area contributed by atoms with E-state index >= 15 is 0 Å². The molecule has 0 radical (unpaired) electrons. The topological polar surface area (TPSA) is 85.2 Å². The molecule has 22 heavy (non-hydrogen) atoms. The van der Waals surface area contributed by atoms with E-state index in [1.165, 1.54) is 22.9 Å². The van der Waals surface area contributed by atoms with E-state index in [9.17, 15) is 13.2 Å². The molecule has 0 unspecified atom stereocenters. The van der Waals surface area contributed by atoms with Crippen molar-refractivity contribution in [3.63, 3.8) is 0 Å². The SMILES string of the molecule is Cc1nn(C)c(C)c1N(C(=O)c1cccc(Cl)n1)S(C)(=O)=O. The first kappa shape index (κ1) is 16.4. The molecule has 0 aliphatic rings. The molecule has 0 aliphatic heterocycles. The molecule has 118 valence electrons. The molecule has 2 heterocycles. The summed E-state index contributed by atoms with van der Waals surface area (Å²) in [6.45, 7) is 3.32. The monoisotopic (exact) mass is 342 g/mol. The van der Waals surface area contributed by atoms with Crippen LogP contribution in [-0.4, -0.2) is 35.3 Å². The fraction of sp³-hybridized carbons (Fsp3) is 0.308. The molecule has 2 aromatic heterocycles. The maximum Gasteiger partial charge on any atom is 0.290 e. The minimum atomic E-state index is -3.86. The summed E-state index contributed by atoms with van der Waals surface area (Å²) in [4.78, 5) is 16.5. The Labute approximate surface area is 133 Å². The minimum absolute atomic E-state index is 0.0550. The standard InChI is InChI=1S/C13H15ClN4O3S/c1-8-12(9(2)17(3)16-8)18(22(4,20)21)13(19)10-6-5-7-11(14)15-10/h5-7H,1-4H3. The lowest BCUT2D eigenvalue weighted by molar-refractivity contribution is 0.100. The third-order valence-electron chi connectivity index (χ3n) is 3.12. The van der Waals surface area contributed by atoms with Crippen LogP contribution in [0.25, 0.3) is 0 Å². The van der Waals surface area contributed by atoms with E-state index in [0.717, 1.165) is 6.26 Å². The van der Waals surface area contributed by atoms with Crippen LogP contribution < -0.4 is 4.31 Å². The van der Waals surface area contributed by atoms with Gasteiger partial charge < -0.3 is 0 Å². The highest BCUT2D eigenvalue weighted by molar-refractivity contribution is 7.92. The second-order valence-electron chi connectivity index (χ2n) is 4.82. The van der Waals surface area contributed by atoms with Gasteiger partial charge in [0.2, 0.25) is 10.0 Å². The highest BCUT2D eigenvalue weighted by Crippen LogP contribution is 2.27. The lowest BCUT2D eigenvalue weighted by Gasteiger charge is -2.20. The van der Waals surface area contributed by atoms with Crippen molar-refractivity contribution in [2.75, 3.05) is 10.6 Å². The molecule has 7 nitrogen and oxygen atoms in total. The lowest BCUT2D eigenvalue weighted by atomic mass is 10.3. The molecule has 0 spiro atoms. The van der Waals surface area contributed by atoms with Crippen molar-refractivity contribution in [3.05, 3.63) is 40.4 Å². The van der Waals surface area contributed by atoms with Crippen LogP contribution in [-0.2, 0) is 17.1 Å². The number of halogens is 1. The Morgan fingerprint density at radius 3 is 2.41 bits per heavy atom. The maximum atomic E-state index is 12.6. The number of carbonyl (C=O) groups excluding carboxylic acids is 1. The summed E-state index contributed by atoms with van der Waals surface area (Å²) in [6, 6.07) is 4.45. The van der Waals surface area contributed by atoms with Crippen LogP contribution in [0.4, 0.5) is 5.69 Å². The number of aryl methyl sites for hydroxylation is 2. The summed E-state index contributed by atoms with van der Waals surface area (Å²) in [5.41, 5.74) is 1.16. The summed E-state index contributed by atoms with van der Waals surface area (Å²) >= 11 is 5.77. The molecule has 0 fully saturated rings. The number of sulfonamides is 1. The van der Waals surface area contributed by atoms with Gasteiger partial charge in [0.15, 0.2) is 0 Å². The van der Waals surface area contributed by atoms with Gasteiger partial charge in [-0.25, -0.2) is 13.4 Å². The first-order valence-electron chi connectivity index (χ1n) is 6.30. The van der Waals surface area contributed by atoms with E-state index in [2.05, 4.69) is 10.1 Å². The minimum Gasteiger partial charge on any atom is -0.270 e. The molecule has 0 saturated carbocycles. The molecular formula is C13H15ClN4O3S. The molecule has 9 heteroatoms. The molecule has 0 aliphatic carbocycles. The van der Waals surface area contributed by atoms with E-state index in [-0.39, 0.29) is 16.5 Å². The van der Waals surface area contributed by atoms with Crippen LogP contribution in [0.1, 0.15) is 21.9 Å². The zero-order valence-electron chi connectivity index (χ0n) is 12.5. The van der Waals surface area contributed by atoms with Crippen molar-refractivity contribution in [3.8, 4) is 0 Å². The molecule has 0 saturated heterocycles. The zero-order chi connectivity index (χ0) is 16.7. The molecule has 0 bridgehead atoms. The molecular weight excluding hydrogens is 328 g/mol. The van der Waals surface area contributed by atoms with Crippen molar-refractivity contribution in [1.82, 2.24) is 14.8 Å². The molecule has 0 aromatic carbocycles. The predicted molar refractivity (Wildman–Crippen MR) is 83.6 cm³/mol. The smallest absolute Gasteiger partial charge is 0.270 e. The van der Waals surface area contributed by atoms with Gasteiger partial charge in [-0.05, 0) is 26.0 Å². The number of amides is 1. The highest BCUT2D eigenvalue weighted by Gasteiger charge is 2.32. The van der Waals surface area contributed by atoms with E-state index in [0.29, 0.717) is 15.7 Å². The van der Waals surface area contributed by atoms with Gasteiger partial charge in [0.1, 0.15) is 16.5 Å². The molecule has 0 atom stereocenters. The van der Waals surface area contributed by atoms with Crippen LogP contribution in [0.3, 0.4) is 0 Å². The Balaban J connectivity index is 2.65. The maximum absolute atomic E-state index is 12.6. The first-order chi connectivity index (χ1) is 10.1. The number of carbonyl (C=O) groups is 1. The van der Waals surface area contributed by atoms with Crippen molar-refractivity contribution >= 4 is 33.2 Å². The molecule has 2 aromatic rings. The Morgan fingerprint density at radius 1 is 1.32 bits per heavy atom. The lowest BCUT2D eigenvalue weighted by Crippen LogP contribution is -2.37. The summed E-state index contributed by atoms with van der Waals surface area (Å²) in [6.07, 6.45) is 0.960. The van der Waals surface area contributed by atoms with Gasteiger partial charge in [-0.1, -0.05) is 17.7 Å². The number of aromatic nitrogens is 3. The first-order valence-corrected chi connectivity index (χ1v) is 8.53. The summed E-state index contributed by atoms with van der Waals surface area (Å²) in [7, 11) is -2.19. The van der Waals surface area contributed by atoms with Crippen LogP contribution in [0.2, 0.25) is 5.15 Å². The number of hydrogen-bond donors (Lipinski definition) is 0. The third kappa shape index (κ3) is 2.97. The highest BCUT2D eigenvalue weighted by atomic mass is 35.5. The van der Waals surface area contributed by atoms with Crippen molar-refractivity contribution in [2.45, 2.75) is 13.8 Å². The summed E-state index contributed by atoms with van der Waals surface area (Å²) in [5.74, 6) is -0.774. The van der Waals surface area contributed by atoms with Crippen molar-refractivity contribution in [2.24, 2.45) is 7.05 Å². The average Bonchev–Trinajstić information content (AvgIpc) is 2.64. The normalized spacial score (nSPS) is 11.5. The summed E-state index contributed by atoms with van der Waals surface area (Å²) in [5, 5.41) is 4.26. The van der Waals surface area contributed by atoms with Gasteiger partial charge in [-0.2, -0.15) is 9.40 Å². The van der Waals surface area contributed by atoms with Crippen LogP contribution in [0.5, 0.6) is 0 Å². The number of rotatable bonds is 3. The van der Waals surface area contributed by atoms with Gasteiger partial charge in [-0.3, -0.25) is 9.48 Å². The number of anilines is 1.